The minimum atomic E-state index is -0.446. The molecule has 0 aromatic heterocycles. The third-order valence-electron chi connectivity index (χ3n) is 4.68. The smallest absolute Gasteiger partial charge is 0.253 e. The van der Waals surface area contributed by atoms with Crippen LogP contribution in [-0.2, 0) is 4.79 Å². The Hall–Kier alpha value is -1.85. The molecule has 2 aliphatic rings. The molecule has 1 heterocycles. The molecule has 120 valence electrons. The van der Waals surface area contributed by atoms with Crippen LogP contribution in [0.25, 0.3) is 0 Å². The van der Waals surface area contributed by atoms with Gasteiger partial charge in [0.05, 0.1) is 0 Å². The Morgan fingerprint density at radius 1 is 1.05 bits per heavy atom. The van der Waals surface area contributed by atoms with Gasteiger partial charge in [0.15, 0.2) is 0 Å². The molecular weight excluding hydrogens is 282 g/mol. The van der Waals surface area contributed by atoms with E-state index in [1.807, 2.05) is 4.90 Å². The van der Waals surface area contributed by atoms with Gasteiger partial charge in [-0.15, -0.1) is 0 Å². The molecule has 2 N–H and O–H groups in total. The van der Waals surface area contributed by atoms with E-state index in [2.05, 4.69) is 10.6 Å². The summed E-state index contributed by atoms with van der Waals surface area (Å²) in [4.78, 5) is 37.2. The van der Waals surface area contributed by atoms with Crippen molar-refractivity contribution in [1.82, 2.24) is 5.32 Å². The normalized spacial score (nSPS) is 19.0. The first-order valence-electron chi connectivity index (χ1n) is 8.28. The molecule has 22 heavy (non-hydrogen) atoms. The van der Waals surface area contributed by atoms with E-state index in [0.717, 1.165) is 38.8 Å². The van der Waals surface area contributed by atoms with Crippen LogP contribution in [0.15, 0.2) is 9.59 Å². The van der Waals surface area contributed by atoms with Crippen molar-refractivity contribution in [2.75, 3.05) is 29.9 Å². The van der Waals surface area contributed by atoms with Gasteiger partial charge >= 0.3 is 0 Å². The number of nitrogens with zero attached hydrogens (tertiary/aromatic N) is 1. The van der Waals surface area contributed by atoms with E-state index in [-0.39, 0.29) is 11.3 Å². The molecule has 0 atom stereocenters. The quantitative estimate of drug-likeness (QED) is 0.758. The van der Waals surface area contributed by atoms with Gasteiger partial charge in [0.25, 0.3) is 10.9 Å². The molecule has 1 saturated carbocycles. The maximum atomic E-state index is 11.8. The van der Waals surface area contributed by atoms with Gasteiger partial charge in [0.1, 0.15) is 11.4 Å². The van der Waals surface area contributed by atoms with E-state index in [4.69, 9.17) is 0 Å². The minimum Gasteiger partial charge on any atom is -0.379 e. The van der Waals surface area contributed by atoms with Crippen LogP contribution in [0.4, 0.5) is 11.4 Å². The Bertz CT molecular complexity index is 606. The Labute approximate surface area is 129 Å². The fourth-order valence-electron chi connectivity index (χ4n) is 3.46. The van der Waals surface area contributed by atoms with Gasteiger partial charge in [-0.3, -0.25) is 14.4 Å². The zero-order chi connectivity index (χ0) is 15.5. The number of anilines is 2. The zero-order valence-electron chi connectivity index (χ0n) is 12.8. The van der Waals surface area contributed by atoms with Crippen LogP contribution in [-0.4, -0.2) is 31.6 Å². The van der Waals surface area contributed by atoms with Crippen molar-refractivity contribution in [3.8, 4) is 0 Å². The van der Waals surface area contributed by atoms with Crippen LogP contribution in [0.3, 0.4) is 0 Å². The number of amides is 1. The lowest BCUT2D eigenvalue weighted by atomic mass is 10.1. The summed E-state index contributed by atoms with van der Waals surface area (Å²) < 4.78 is 0. The summed E-state index contributed by atoms with van der Waals surface area (Å²) >= 11 is 0. The number of hydrogen-bond donors (Lipinski definition) is 2. The lowest BCUT2D eigenvalue weighted by Crippen LogP contribution is -2.42. The predicted octanol–water partition coefficient (Wildman–Crippen LogP) is 0.744. The van der Waals surface area contributed by atoms with Crippen LogP contribution in [0, 0.1) is 0 Å². The average Bonchev–Trinajstić information content (AvgIpc) is 3.19. The predicted molar refractivity (Wildman–Crippen MR) is 86.3 cm³/mol. The van der Waals surface area contributed by atoms with E-state index in [1.165, 1.54) is 12.8 Å². The molecule has 0 bridgehead atoms. The van der Waals surface area contributed by atoms with Crippen LogP contribution in [0.5, 0.6) is 0 Å². The summed E-state index contributed by atoms with van der Waals surface area (Å²) in [6.45, 7) is 2.06. The number of hydrogen-bond acceptors (Lipinski definition) is 5. The van der Waals surface area contributed by atoms with Crippen molar-refractivity contribution in [3.63, 3.8) is 0 Å². The molecule has 0 unspecified atom stereocenters. The van der Waals surface area contributed by atoms with E-state index < -0.39 is 5.43 Å². The molecule has 1 aliphatic heterocycles. The zero-order valence-corrected chi connectivity index (χ0v) is 12.8. The number of nitrogens with one attached hydrogen (secondary N) is 2. The van der Waals surface area contributed by atoms with Crippen LogP contribution in [0.2, 0.25) is 0 Å². The fourth-order valence-corrected chi connectivity index (χ4v) is 3.46. The Balaban J connectivity index is 1.49. The summed E-state index contributed by atoms with van der Waals surface area (Å²) in [5.41, 5.74) is 0.0946. The summed E-state index contributed by atoms with van der Waals surface area (Å²) in [5, 5.41) is 6.01. The molecule has 2 fully saturated rings. The van der Waals surface area contributed by atoms with Gasteiger partial charge in [-0.2, -0.15) is 0 Å². The standard InChI is InChI=1S/C16H23N3O3/c20-12(18-11-5-1-2-6-11)7-8-17-13-14(16(22)15(13)21)19-9-3-4-10-19/h11,17H,1-10H2,(H,18,20). The lowest BCUT2D eigenvalue weighted by Gasteiger charge is -2.22. The Kier molecular flexibility index (Phi) is 4.45. The second-order valence-corrected chi connectivity index (χ2v) is 6.30. The highest BCUT2D eigenvalue weighted by Gasteiger charge is 2.27. The third kappa shape index (κ3) is 3.00. The molecule has 1 amide bonds. The average molecular weight is 305 g/mol. The third-order valence-corrected chi connectivity index (χ3v) is 4.68. The van der Waals surface area contributed by atoms with Gasteiger partial charge in [-0.05, 0) is 25.7 Å². The summed E-state index contributed by atoms with van der Waals surface area (Å²) in [7, 11) is 0. The van der Waals surface area contributed by atoms with Crippen LogP contribution < -0.4 is 26.4 Å². The van der Waals surface area contributed by atoms with Gasteiger partial charge in [-0.1, -0.05) is 12.8 Å². The first kappa shape index (κ1) is 15.1. The maximum absolute atomic E-state index is 11.8. The van der Waals surface area contributed by atoms with Gasteiger partial charge < -0.3 is 15.5 Å². The molecule has 1 aromatic carbocycles. The largest absolute Gasteiger partial charge is 0.379 e. The van der Waals surface area contributed by atoms with Crippen molar-refractivity contribution < 1.29 is 4.79 Å². The first-order chi connectivity index (χ1) is 10.7. The molecule has 0 spiro atoms. The number of rotatable bonds is 6. The van der Waals surface area contributed by atoms with E-state index in [1.54, 1.807) is 0 Å². The Morgan fingerprint density at radius 2 is 1.73 bits per heavy atom. The molecule has 3 rings (SSSR count). The van der Waals surface area contributed by atoms with Crippen LogP contribution >= 0.6 is 0 Å². The molecule has 1 aliphatic carbocycles. The van der Waals surface area contributed by atoms with Gasteiger partial charge in [-0.25, -0.2) is 0 Å². The molecule has 1 aromatic rings. The van der Waals surface area contributed by atoms with Crippen molar-refractivity contribution in [3.05, 3.63) is 20.4 Å². The second-order valence-electron chi connectivity index (χ2n) is 6.30. The van der Waals surface area contributed by atoms with E-state index in [0.29, 0.717) is 30.4 Å². The monoisotopic (exact) mass is 305 g/mol. The van der Waals surface area contributed by atoms with Crippen molar-refractivity contribution >= 4 is 17.3 Å². The summed E-state index contributed by atoms with van der Waals surface area (Å²) in [6, 6.07) is 0.318. The Morgan fingerprint density at radius 3 is 2.41 bits per heavy atom. The van der Waals surface area contributed by atoms with E-state index in [9.17, 15) is 14.4 Å². The molecule has 6 nitrogen and oxygen atoms in total. The maximum Gasteiger partial charge on any atom is 0.253 e. The molecule has 0 radical (unpaired) electrons. The van der Waals surface area contributed by atoms with E-state index >= 15 is 0 Å². The molecule has 6 heteroatoms. The van der Waals surface area contributed by atoms with Crippen molar-refractivity contribution in [2.24, 2.45) is 0 Å². The highest BCUT2D eigenvalue weighted by Crippen LogP contribution is 2.24. The molecule has 1 saturated heterocycles. The highest BCUT2D eigenvalue weighted by atomic mass is 16.2. The van der Waals surface area contributed by atoms with Crippen molar-refractivity contribution in [1.29, 1.82) is 0 Å². The fraction of sp³-hybridized carbons (Fsp3) is 0.688. The topological polar surface area (TPSA) is 78.5 Å². The minimum absolute atomic E-state index is 0.0146. The number of carbonyl (C=O) groups excluding carboxylic acids is 1. The second kappa shape index (κ2) is 6.50. The van der Waals surface area contributed by atoms with Crippen molar-refractivity contribution in [2.45, 2.75) is 51.0 Å². The van der Waals surface area contributed by atoms with Gasteiger partial charge in [0, 0.05) is 32.1 Å². The van der Waals surface area contributed by atoms with Gasteiger partial charge in [0.2, 0.25) is 5.91 Å². The lowest BCUT2D eigenvalue weighted by molar-refractivity contribution is -0.121. The number of carbonyl (C=O) groups is 1. The van der Waals surface area contributed by atoms with Crippen LogP contribution in [0.1, 0.15) is 44.9 Å². The molecular formula is C16H23N3O3. The summed E-state index contributed by atoms with van der Waals surface area (Å²) in [6.07, 6.45) is 6.95. The first-order valence-corrected chi connectivity index (χ1v) is 8.28. The SMILES string of the molecule is O=C(CCNc1c(N2CCCC2)c(=O)c1=O)NC1CCCC1. The highest BCUT2D eigenvalue weighted by molar-refractivity contribution is 5.78. The summed E-state index contributed by atoms with van der Waals surface area (Å²) in [5.74, 6) is 0.0146.